The lowest BCUT2D eigenvalue weighted by Crippen LogP contribution is -2.11. The van der Waals surface area contributed by atoms with Crippen LogP contribution in [0, 0.1) is 0 Å². The zero-order valence-electron chi connectivity index (χ0n) is 15.7. The summed E-state index contributed by atoms with van der Waals surface area (Å²) >= 11 is 0. The number of aromatic nitrogens is 5. The highest BCUT2D eigenvalue weighted by Gasteiger charge is 2.11. The van der Waals surface area contributed by atoms with E-state index in [4.69, 9.17) is 10.7 Å². The second-order valence-electron chi connectivity index (χ2n) is 6.70. The van der Waals surface area contributed by atoms with Crippen molar-refractivity contribution in [3.8, 4) is 17.1 Å². The first-order valence-electron chi connectivity index (χ1n) is 9.32. The smallest absolute Gasteiger partial charge is 0.172 e. The Kier molecular flexibility index (Phi) is 5.10. The van der Waals surface area contributed by atoms with E-state index in [9.17, 15) is 5.11 Å². The van der Waals surface area contributed by atoms with Crippen LogP contribution in [-0.4, -0.2) is 29.8 Å². The molecule has 3 N–H and O–H groups in total. The van der Waals surface area contributed by atoms with Crippen LogP contribution in [0.5, 0.6) is 0 Å². The van der Waals surface area contributed by atoms with Gasteiger partial charge in [0.15, 0.2) is 5.82 Å². The maximum atomic E-state index is 9.32. The molecule has 4 rings (SSSR count). The monoisotopic (exact) mass is 374 g/mol. The highest BCUT2D eigenvalue weighted by molar-refractivity contribution is 5.84. The summed E-state index contributed by atoms with van der Waals surface area (Å²) in [5.74, 6) is 0.561. The number of fused-ring (bicyclic) bond motifs is 1. The third-order valence-corrected chi connectivity index (χ3v) is 4.67. The SMILES string of the molecule is CCCC(N)c1cccc(-c2ccc3cnn(-c4cncc(CO)n4)c3c2)n1. The topological polar surface area (TPSA) is 103 Å². The second kappa shape index (κ2) is 7.84. The number of pyridine rings is 1. The van der Waals surface area contributed by atoms with Crippen LogP contribution >= 0.6 is 0 Å². The molecule has 7 heteroatoms. The van der Waals surface area contributed by atoms with Crippen molar-refractivity contribution in [1.82, 2.24) is 24.7 Å². The summed E-state index contributed by atoms with van der Waals surface area (Å²) in [6.07, 6.45) is 6.87. The van der Waals surface area contributed by atoms with E-state index in [1.54, 1.807) is 17.1 Å². The number of hydrogen-bond acceptors (Lipinski definition) is 6. The summed E-state index contributed by atoms with van der Waals surface area (Å²) in [7, 11) is 0. The molecule has 0 amide bonds. The van der Waals surface area contributed by atoms with Gasteiger partial charge in [0.1, 0.15) is 0 Å². The molecule has 1 aromatic carbocycles. The van der Waals surface area contributed by atoms with Crippen LogP contribution in [0.3, 0.4) is 0 Å². The lowest BCUT2D eigenvalue weighted by Gasteiger charge is -2.11. The molecule has 0 bridgehead atoms. The van der Waals surface area contributed by atoms with E-state index in [-0.39, 0.29) is 12.6 Å². The van der Waals surface area contributed by atoms with Gasteiger partial charge in [0.05, 0.1) is 47.8 Å². The van der Waals surface area contributed by atoms with Crippen LogP contribution in [0.25, 0.3) is 28.0 Å². The van der Waals surface area contributed by atoms with Crippen LogP contribution < -0.4 is 5.73 Å². The maximum Gasteiger partial charge on any atom is 0.172 e. The van der Waals surface area contributed by atoms with Crippen molar-refractivity contribution in [3.05, 3.63) is 66.4 Å². The Labute approximate surface area is 162 Å². The fraction of sp³-hybridized carbons (Fsp3) is 0.238. The molecule has 3 heterocycles. The molecule has 0 aliphatic rings. The summed E-state index contributed by atoms with van der Waals surface area (Å²) in [5, 5.41) is 14.7. The zero-order valence-corrected chi connectivity index (χ0v) is 15.7. The number of nitrogens with zero attached hydrogens (tertiary/aromatic N) is 5. The first kappa shape index (κ1) is 18.2. The first-order chi connectivity index (χ1) is 13.7. The number of nitrogens with two attached hydrogens (primary N) is 1. The molecule has 0 aliphatic heterocycles. The lowest BCUT2D eigenvalue weighted by molar-refractivity contribution is 0.276. The zero-order chi connectivity index (χ0) is 19.5. The molecule has 3 aromatic heterocycles. The molecular formula is C21H22N6O. The Hall–Kier alpha value is -3.16. The average molecular weight is 374 g/mol. The Bertz CT molecular complexity index is 1110. The van der Waals surface area contributed by atoms with Gasteiger partial charge in [0.25, 0.3) is 0 Å². The molecule has 0 fully saturated rings. The Morgan fingerprint density at radius 3 is 2.82 bits per heavy atom. The quantitative estimate of drug-likeness (QED) is 0.537. The van der Waals surface area contributed by atoms with Crippen molar-refractivity contribution in [3.63, 3.8) is 0 Å². The predicted molar refractivity (Wildman–Crippen MR) is 108 cm³/mol. The number of hydrogen-bond donors (Lipinski definition) is 2. The van der Waals surface area contributed by atoms with Gasteiger partial charge in [0.2, 0.25) is 0 Å². The van der Waals surface area contributed by atoms with Crippen molar-refractivity contribution in [2.24, 2.45) is 5.73 Å². The standard InChI is InChI=1S/C21H22N6O/c1-2-4-17(22)19-6-3-5-18(26-19)14-7-8-15-10-24-27(20(15)9-14)21-12-23-11-16(13-28)25-21/h3,5-12,17,28H,2,4,13,22H2,1H3. The van der Waals surface area contributed by atoms with E-state index in [2.05, 4.69) is 22.0 Å². The van der Waals surface area contributed by atoms with E-state index in [1.165, 1.54) is 6.20 Å². The van der Waals surface area contributed by atoms with Crippen molar-refractivity contribution >= 4 is 10.9 Å². The van der Waals surface area contributed by atoms with Gasteiger partial charge in [-0.15, -0.1) is 0 Å². The van der Waals surface area contributed by atoms with E-state index in [0.29, 0.717) is 11.5 Å². The Morgan fingerprint density at radius 1 is 1.11 bits per heavy atom. The highest BCUT2D eigenvalue weighted by atomic mass is 16.3. The molecule has 28 heavy (non-hydrogen) atoms. The number of benzene rings is 1. The van der Waals surface area contributed by atoms with Gasteiger partial charge in [-0.3, -0.25) is 9.97 Å². The molecule has 0 spiro atoms. The average Bonchev–Trinajstić information content (AvgIpc) is 3.17. The highest BCUT2D eigenvalue weighted by Crippen LogP contribution is 2.26. The van der Waals surface area contributed by atoms with Crippen molar-refractivity contribution in [2.45, 2.75) is 32.4 Å². The predicted octanol–water partition coefficient (Wildman–Crippen LogP) is 3.17. The first-order valence-corrected chi connectivity index (χ1v) is 9.32. The fourth-order valence-corrected chi connectivity index (χ4v) is 3.21. The van der Waals surface area contributed by atoms with Crippen LogP contribution in [0.2, 0.25) is 0 Å². The number of aliphatic hydroxyl groups excluding tert-OH is 1. The molecule has 142 valence electrons. The summed E-state index contributed by atoms with van der Waals surface area (Å²) in [6.45, 7) is 1.95. The summed E-state index contributed by atoms with van der Waals surface area (Å²) in [4.78, 5) is 13.3. The minimum atomic E-state index is -0.167. The van der Waals surface area contributed by atoms with Crippen LogP contribution in [-0.2, 0) is 6.61 Å². The largest absolute Gasteiger partial charge is 0.390 e. The lowest BCUT2D eigenvalue weighted by atomic mass is 10.1. The number of rotatable bonds is 6. The van der Waals surface area contributed by atoms with Gasteiger partial charge in [-0.1, -0.05) is 31.5 Å². The van der Waals surface area contributed by atoms with Crippen LogP contribution in [0.4, 0.5) is 0 Å². The van der Waals surface area contributed by atoms with Crippen molar-refractivity contribution in [1.29, 1.82) is 0 Å². The molecule has 0 radical (unpaired) electrons. The Balaban J connectivity index is 1.77. The van der Waals surface area contributed by atoms with Crippen LogP contribution in [0.15, 0.2) is 55.0 Å². The summed E-state index contributed by atoms with van der Waals surface area (Å²) < 4.78 is 1.72. The van der Waals surface area contributed by atoms with Gasteiger partial charge in [-0.05, 0) is 24.6 Å². The van der Waals surface area contributed by atoms with Crippen LogP contribution in [0.1, 0.15) is 37.2 Å². The molecule has 0 saturated heterocycles. The van der Waals surface area contributed by atoms with Crippen molar-refractivity contribution < 1.29 is 5.11 Å². The summed E-state index contributed by atoms with van der Waals surface area (Å²) in [5.41, 5.74) is 10.4. The third-order valence-electron chi connectivity index (χ3n) is 4.67. The molecule has 1 unspecified atom stereocenters. The van der Waals surface area contributed by atoms with E-state index < -0.39 is 0 Å². The van der Waals surface area contributed by atoms with E-state index in [1.807, 2.05) is 36.4 Å². The molecule has 4 aromatic rings. The van der Waals surface area contributed by atoms with E-state index in [0.717, 1.165) is 40.7 Å². The second-order valence-corrected chi connectivity index (χ2v) is 6.70. The normalized spacial score (nSPS) is 12.4. The molecule has 1 atom stereocenters. The van der Waals surface area contributed by atoms with E-state index >= 15 is 0 Å². The van der Waals surface area contributed by atoms with Gasteiger partial charge in [0, 0.05) is 17.0 Å². The minimum absolute atomic E-state index is 0.0595. The van der Waals surface area contributed by atoms with Gasteiger partial charge in [-0.2, -0.15) is 5.10 Å². The number of aliphatic hydroxyl groups is 1. The van der Waals surface area contributed by atoms with Gasteiger partial charge >= 0.3 is 0 Å². The van der Waals surface area contributed by atoms with Crippen molar-refractivity contribution in [2.75, 3.05) is 0 Å². The maximum absolute atomic E-state index is 9.32. The molecule has 0 aliphatic carbocycles. The third kappa shape index (κ3) is 3.49. The molecule has 0 saturated carbocycles. The molecule has 7 nitrogen and oxygen atoms in total. The fourth-order valence-electron chi connectivity index (χ4n) is 3.21. The minimum Gasteiger partial charge on any atom is -0.390 e. The molecular weight excluding hydrogens is 352 g/mol. The summed E-state index contributed by atoms with van der Waals surface area (Å²) in [6, 6.07) is 12.0. The Morgan fingerprint density at radius 2 is 2.00 bits per heavy atom. The van der Waals surface area contributed by atoms with Gasteiger partial charge in [-0.25, -0.2) is 9.67 Å². The van der Waals surface area contributed by atoms with Gasteiger partial charge < -0.3 is 10.8 Å².